The van der Waals surface area contributed by atoms with Gasteiger partial charge in [0.05, 0.1) is 0 Å². The van der Waals surface area contributed by atoms with Gasteiger partial charge in [0.15, 0.2) is 0 Å². The minimum atomic E-state index is -0.277. The molecule has 1 unspecified atom stereocenters. The van der Waals surface area contributed by atoms with Gasteiger partial charge in [-0.05, 0) is 55.2 Å². The van der Waals surface area contributed by atoms with Crippen molar-refractivity contribution in [3.05, 3.63) is 54.1 Å². The number of carbonyl (C=O) groups is 1. The van der Waals surface area contributed by atoms with E-state index in [4.69, 9.17) is 0 Å². The van der Waals surface area contributed by atoms with E-state index in [9.17, 15) is 9.18 Å². The van der Waals surface area contributed by atoms with Crippen LogP contribution in [0.4, 0.5) is 15.8 Å². The summed E-state index contributed by atoms with van der Waals surface area (Å²) < 4.78 is 12.9. The third kappa shape index (κ3) is 3.86. The minimum absolute atomic E-state index is 0.0284. The highest BCUT2D eigenvalue weighted by atomic mass is 19.1. The molecule has 1 saturated heterocycles. The lowest BCUT2D eigenvalue weighted by Crippen LogP contribution is -2.39. The predicted octanol–water partition coefficient (Wildman–Crippen LogP) is 3.84. The van der Waals surface area contributed by atoms with Gasteiger partial charge in [0.2, 0.25) is 0 Å². The van der Waals surface area contributed by atoms with Crippen LogP contribution in [0.15, 0.2) is 42.6 Å². The highest BCUT2D eigenvalue weighted by molar-refractivity contribution is 5.93. The standard InChI is InChI=1S/C18H20FN3O/c1-13-3-2-10-22(12-13)18(23)17-11-16(8-9-20-17)21-15-6-4-14(19)5-7-15/h4-9,11,13H,2-3,10,12H2,1H3,(H,20,21). The average Bonchev–Trinajstić information content (AvgIpc) is 2.56. The number of nitrogens with one attached hydrogen (secondary N) is 1. The summed E-state index contributed by atoms with van der Waals surface area (Å²) in [6, 6.07) is 9.63. The molecule has 0 saturated carbocycles. The third-order valence-corrected chi connectivity index (χ3v) is 4.06. The van der Waals surface area contributed by atoms with Gasteiger partial charge < -0.3 is 10.2 Å². The summed E-state index contributed by atoms with van der Waals surface area (Å²) in [7, 11) is 0. The minimum Gasteiger partial charge on any atom is -0.355 e. The fourth-order valence-corrected chi connectivity index (χ4v) is 2.86. The summed E-state index contributed by atoms with van der Waals surface area (Å²) in [5.74, 6) is 0.230. The molecule has 1 aliphatic heterocycles. The van der Waals surface area contributed by atoms with E-state index in [1.807, 2.05) is 4.90 Å². The van der Waals surface area contributed by atoms with Crippen LogP contribution in [0.2, 0.25) is 0 Å². The first-order valence-electron chi connectivity index (χ1n) is 7.90. The van der Waals surface area contributed by atoms with Crippen molar-refractivity contribution in [1.29, 1.82) is 0 Å². The number of nitrogens with zero attached hydrogens (tertiary/aromatic N) is 2. The number of aromatic nitrogens is 1. The molecule has 1 aromatic heterocycles. The molecule has 2 heterocycles. The van der Waals surface area contributed by atoms with Crippen molar-refractivity contribution in [3.8, 4) is 0 Å². The summed E-state index contributed by atoms with van der Waals surface area (Å²) in [4.78, 5) is 18.7. The van der Waals surface area contributed by atoms with E-state index in [0.717, 1.165) is 30.9 Å². The van der Waals surface area contributed by atoms with Crippen molar-refractivity contribution in [2.45, 2.75) is 19.8 Å². The summed E-state index contributed by atoms with van der Waals surface area (Å²) in [5, 5.41) is 3.16. The molecule has 1 aromatic carbocycles. The van der Waals surface area contributed by atoms with E-state index in [1.54, 1.807) is 30.5 Å². The van der Waals surface area contributed by atoms with Crippen LogP contribution >= 0.6 is 0 Å². The summed E-state index contributed by atoms with van der Waals surface area (Å²) in [6.07, 6.45) is 3.83. The number of anilines is 2. The summed E-state index contributed by atoms with van der Waals surface area (Å²) in [5.41, 5.74) is 1.97. The SMILES string of the molecule is CC1CCCN(C(=O)c2cc(Nc3ccc(F)cc3)ccn2)C1. The van der Waals surface area contributed by atoms with Crippen molar-refractivity contribution in [3.63, 3.8) is 0 Å². The average molecular weight is 313 g/mol. The number of halogens is 1. The molecule has 0 spiro atoms. The maximum atomic E-state index is 12.9. The number of hydrogen-bond donors (Lipinski definition) is 1. The predicted molar refractivity (Wildman–Crippen MR) is 88.2 cm³/mol. The Bertz CT molecular complexity index is 687. The van der Waals surface area contributed by atoms with E-state index in [2.05, 4.69) is 17.2 Å². The number of rotatable bonds is 3. The fourth-order valence-electron chi connectivity index (χ4n) is 2.86. The van der Waals surface area contributed by atoms with Crippen molar-refractivity contribution < 1.29 is 9.18 Å². The Labute approximate surface area is 135 Å². The van der Waals surface area contributed by atoms with E-state index in [-0.39, 0.29) is 11.7 Å². The van der Waals surface area contributed by atoms with Crippen LogP contribution in [0.1, 0.15) is 30.3 Å². The molecular formula is C18H20FN3O. The van der Waals surface area contributed by atoms with Crippen LogP contribution in [0.3, 0.4) is 0 Å². The van der Waals surface area contributed by atoms with Gasteiger partial charge in [0.1, 0.15) is 11.5 Å². The van der Waals surface area contributed by atoms with Gasteiger partial charge in [-0.3, -0.25) is 9.78 Å². The number of benzene rings is 1. The molecule has 1 atom stereocenters. The Hall–Kier alpha value is -2.43. The lowest BCUT2D eigenvalue weighted by atomic mass is 10.00. The maximum absolute atomic E-state index is 12.9. The summed E-state index contributed by atoms with van der Waals surface area (Å²) in [6.45, 7) is 3.75. The molecule has 120 valence electrons. The topological polar surface area (TPSA) is 45.2 Å². The summed E-state index contributed by atoms with van der Waals surface area (Å²) >= 11 is 0. The number of carbonyl (C=O) groups excluding carboxylic acids is 1. The first-order valence-corrected chi connectivity index (χ1v) is 7.90. The Morgan fingerprint density at radius 3 is 2.78 bits per heavy atom. The van der Waals surface area contributed by atoms with Crippen molar-refractivity contribution in [1.82, 2.24) is 9.88 Å². The molecule has 0 aliphatic carbocycles. The Morgan fingerprint density at radius 1 is 1.26 bits per heavy atom. The molecule has 23 heavy (non-hydrogen) atoms. The zero-order valence-corrected chi connectivity index (χ0v) is 13.1. The van der Waals surface area contributed by atoms with Gasteiger partial charge in [0.25, 0.3) is 5.91 Å². The molecule has 4 nitrogen and oxygen atoms in total. The van der Waals surface area contributed by atoms with Crippen molar-refractivity contribution >= 4 is 17.3 Å². The van der Waals surface area contributed by atoms with Crippen LogP contribution in [-0.4, -0.2) is 28.9 Å². The van der Waals surface area contributed by atoms with E-state index < -0.39 is 0 Å². The molecule has 0 radical (unpaired) electrons. The second-order valence-electron chi connectivity index (χ2n) is 6.06. The second-order valence-corrected chi connectivity index (χ2v) is 6.06. The first kappa shape index (κ1) is 15.5. The second kappa shape index (κ2) is 6.77. The fraction of sp³-hybridized carbons (Fsp3) is 0.333. The van der Waals surface area contributed by atoms with Crippen LogP contribution < -0.4 is 5.32 Å². The molecule has 3 rings (SSSR count). The zero-order chi connectivity index (χ0) is 16.2. The van der Waals surface area contributed by atoms with Gasteiger partial charge in [-0.1, -0.05) is 6.92 Å². The molecular weight excluding hydrogens is 293 g/mol. The largest absolute Gasteiger partial charge is 0.355 e. The number of piperidine rings is 1. The first-order chi connectivity index (χ1) is 11.1. The van der Waals surface area contributed by atoms with Gasteiger partial charge in [-0.25, -0.2) is 4.39 Å². The van der Waals surface area contributed by atoms with Crippen LogP contribution in [0.25, 0.3) is 0 Å². The van der Waals surface area contributed by atoms with Crippen LogP contribution in [0, 0.1) is 11.7 Å². The van der Waals surface area contributed by atoms with Crippen molar-refractivity contribution in [2.24, 2.45) is 5.92 Å². The lowest BCUT2D eigenvalue weighted by molar-refractivity contribution is 0.0677. The lowest BCUT2D eigenvalue weighted by Gasteiger charge is -2.30. The highest BCUT2D eigenvalue weighted by Crippen LogP contribution is 2.20. The maximum Gasteiger partial charge on any atom is 0.272 e. The quantitative estimate of drug-likeness (QED) is 0.936. The molecule has 1 aliphatic rings. The Balaban J connectivity index is 1.74. The molecule has 1 fully saturated rings. The monoisotopic (exact) mass is 313 g/mol. The molecule has 0 bridgehead atoms. The van der Waals surface area contributed by atoms with E-state index >= 15 is 0 Å². The van der Waals surface area contributed by atoms with Crippen molar-refractivity contribution in [2.75, 3.05) is 18.4 Å². The van der Waals surface area contributed by atoms with E-state index in [1.165, 1.54) is 18.6 Å². The smallest absolute Gasteiger partial charge is 0.272 e. The normalized spacial score (nSPS) is 17.8. The Kier molecular flexibility index (Phi) is 4.55. The van der Waals surface area contributed by atoms with E-state index in [0.29, 0.717) is 11.6 Å². The van der Waals surface area contributed by atoms with Gasteiger partial charge in [-0.15, -0.1) is 0 Å². The third-order valence-electron chi connectivity index (χ3n) is 4.06. The number of pyridine rings is 1. The van der Waals surface area contributed by atoms with Gasteiger partial charge in [0, 0.05) is 30.7 Å². The highest BCUT2D eigenvalue weighted by Gasteiger charge is 2.22. The van der Waals surface area contributed by atoms with Gasteiger partial charge in [-0.2, -0.15) is 0 Å². The molecule has 1 amide bonds. The molecule has 1 N–H and O–H groups in total. The number of likely N-dealkylation sites (tertiary alicyclic amines) is 1. The van der Waals surface area contributed by atoms with Crippen LogP contribution in [-0.2, 0) is 0 Å². The number of amides is 1. The van der Waals surface area contributed by atoms with Gasteiger partial charge >= 0.3 is 0 Å². The van der Waals surface area contributed by atoms with Crippen LogP contribution in [0.5, 0.6) is 0 Å². The Morgan fingerprint density at radius 2 is 2.04 bits per heavy atom. The molecule has 5 heteroatoms. The zero-order valence-electron chi connectivity index (χ0n) is 13.1. The molecule has 2 aromatic rings. The number of hydrogen-bond acceptors (Lipinski definition) is 3.